The minimum Gasteiger partial charge on any atom is -0.481 e. The van der Waals surface area contributed by atoms with Gasteiger partial charge in [0.2, 0.25) is 0 Å². The van der Waals surface area contributed by atoms with Crippen molar-refractivity contribution < 1.29 is 9.90 Å². The smallest absolute Gasteiger partial charge is 0.310 e. The summed E-state index contributed by atoms with van der Waals surface area (Å²) in [4.78, 5) is 18.7. The van der Waals surface area contributed by atoms with Crippen LogP contribution in [0.4, 0.5) is 0 Å². The molecule has 0 aliphatic rings. The van der Waals surface area contributed by atoms with E-state index in [1.807, 2.05) is 36.7 Å². The second-order valence-corrected chi connectivity index (χ2v) is 6.27. The summed E-state index contributed by atoms with van der Waals surface area (Å²) in [7, 11) is 2.08. The Morgan fingerprint density at radius 3 is 2.52 bits per heavy atom. The van der Waals surface area contributed by atoms with Crippen LogP contribution in [0.5, 0.6) is 0 Å². The highest BCUT2D eigenvalue weighted by Crippen LogP contribution is 2.18. The van der Waals surface area contributed by atoms with Crippen molar-refractivity contribution in [3.63, 3.8) is 0 Å². The van der Waals surface area contributed by atoms with Crippen molar-refractivity contribution in [1.29, 1.82) is 0 Å². The molecule has 1 aromatic heterocycles. The average molecular weight is 304 g/mol. The highest BCUT2D eigenvalue weighted by molar-refractivity contribution is 7.09. The van der Waals surface area contributed by atoms with E-state index < -0.39 is 11.9 Å². The summed E-state index contributed by atoms with van der Waals surface area (Å²) < 4.78 is 0. The van der Waals surface area contributed by atoms with E-state index in [1.165, 1.54) is 10.4 Å². The van der Waals surface area contributed by atoms with E-state index in [4.69, 9.17) is 5.11 Å². The molecule has 0 saturated heterocycles. The lowest BCUT2D eigenvalue weighted by molar-refractivity contribution is -0.138. The SMILES string of the molecule is Cc1ncsc1CN(C)Cc1ccc(C(C)C(=O)O)cc1. The maximum absolute atomic E-state index is 11.0. The highest BCUT2D eigenvalue weighted by atomic mass is 32.1. The van der Waals surface area contributed by atoms with Gasteiger partial charge in [-0.05, 0) is 32.0 Å². The molecular formula is C16H20N2O2S. The molecule has 1 N–H and O–H groups in total. The van der Waals surface area contributed by atoms with Crippen LogP contribution in [0.2, 0.25) is 0 Å². The molecule has 1 unspecified atom stereocenters. The van der Waals surface area contributed by atoms with Crippen LogP contribution in [0, 0.1) is 6.92 Å². The van der Waals surface area contributed by atoms with E-state index in [0.29, 0.717) is 0 Å². The maximum Gasteiger partial charge on any atom is 0.310 e. The number of aryl methyl sites for hydroxylation is 1. The molecule has 0 aliphatic carbocycles. The van der Waals surface area contributed by atoms with Crippen molar-refractivity contribution in [2.45, 2.75) is 32.9 Å². The van der Waals surface area contributed by atoms with Crippen LogP contribution < -0.4 is 0 Å². The third-order valence-corrected chi connectivity index (χ3v) is 4.48. The number of rotatable bonds is 6. The number of aromatic nitrogens is 1. The molecule has 1 aromatic carbocycles. The summed E-state index contributed by atoms with van der Waals surface area (Å²) in [6.45, 7) is 5.45. The Kier molecular flexibility index (Phi) is 5.09. The molecule has 4 nitrogen and oxygen atoms in total. The van der Waals surface area contributed by atoms with Crippen molar-refractivity contribution in [2.75, 3.05) is 7.05 Å². The van der Waals surface area contributed by atoms with Crippen molar-refractivity contribution in [2.24, 2.45) is 0 Å². The standard InChI is InChI=1S/C16H20N2O2S/c1-11(16(19)20)14-6-4-13(5-7-14)8-18(3)9-15-12(2)17-10-21-15/h4-7,10-11H,8-9H2,1-3H3,(H,19,20). The fourth-order valence-corrected chi connectivity index (χ4v) is 3.00. The van der Waals surface area contributed by atoms with Crippen LogP contribution in [0.15, 0.2) is 29.8 Å². The lowest BCUT2D eigenvalue weighted by atomic mass is 10.00. The number of benzene rings is 1. The Balaban J connectivity index is 1.97. The van der Waals surface area contributed by atoms with E-state index >= 15 is 0 Å². The topological polar surface area (TPSA) is 53.4 Å². The molecule has 0 spiro atoms. The number of carboxylic acids is 1. The zero-order valence-electron chi connectivity index (χ0n) is 12.5. The second kappa shape index (κ2) is 6.83. The Bertz CT molecular complexity index is 607. The fourth-order valence-electron chi connectivity index (χ4n) is 2.15. The third kappa shape index (κ3) is 4.12. The lowest BCUT2D eigenvalue weighted by Crippen LogP contribution is -2.17. The number of nitrogens with zero attached hydrogens (tertiary/aromatic N) is 2. The van der Waals surface area contributed by atoms with Gasteiger partial charge in [-0.3, -0.25) is 9.69 Å². The summed E-state index contributed by atoms with van der Waals surface area (Å²) >= 11 is 1.68. The summed E-state index contributed by atoms with van der Waals surface area (Å²) in [5, 5.41) is 9.01. The monoisotopic (exact) mass is 304 g/mol. The van der Waals surface area contributed by atoms with Crippen LogP contribution >= 0.6 is 11.3 Å². The Labute approximate surface area is 129 Å². The van der Waals surface area contributed by atoms with Crippen molar-refractivity contribution in [3.05, 3.63) is 51.5 Å². The minimum atomic E-state index is -0.791. The molecule has 1 atom stereocenters. The molecule has 0 radical (unpaired) electrons. The van der Waals surface area contributed by atoms with Crippen LogP contribution in [-0.4, -0.2) is 28.0 Å². The summed E-state index contributed by atoms with van der Waals surface area (Å²) in [5.41, 5.74) is 4.99. The zero-order valence-corrected chi connectivity index (χ0v) is 13.4. The first-order chi connectivity index (χ1) is 9.97. The van der Waals surface area contributed by atoms with E-state index in [0.717, 1.165) is 24.3 Å². The quantitative estimate of drug-likeness (QED) is 0.890. The van der Waals surface area contributed by atoms with Gasteiger partial charge in [0, 0.05) is 18.0 Å². The second-order valence-electron chi connectivity index (χ2n) is 5.33. The number of hydrogen-bond donors (Lipinski definition) is 1. The third-order valence-electron chi connectivity index (χ3n) is 3.56. The van der Waals surface area contributed by atoms with Crippen molar-refractivity contribution in [1.82, 2.24) is 9.88 Å². The summed E-state index contributed by atoms with van der Waals surface area (Å²) in [6.07, 6.45) is 0. The number of carboxylic acid groups (broad SMARTS) is 1. The zero-order chi connectivity index (χ0) is 15.4. The van der Waals surface area contributed by atoms with Gasteiger partial charge in [-0.1, -0.05) is 24.3 Å². The van der Waals surface area contributed by atoms with Gasteiger partial charge in [-0.2, -0.15) is 0 Å². The lowest BCUT2D eigenvalue weighted by Gasteiger charge is -2.16. The molecule has 2 rings (SSSR count). The van der Waals surface area contributed by atoms with E-state index in [1.54, 1.807) is 18.3 Å². The fraction of sp³-hybridized carbons (Fsp3) is 0.375. The Hall–Kier alpha value is -1.72. The van der Waals surface area contributed by atoms with Gasteiger partial charge < -0.3 is 5.11 Å². The van der Waals surface area contributed by atoms with E-state index in [-0.39, 0.29) is 0 Å². The molecule has 2 aromatic rings. The number of thiazole rings is 1. The molecule has 0 amide bonds. The summed E-state index contributed by atoms with van der Waals surface area (Å²) in [6, 6.07) is 7.81. The maximum atomic E-state index is 11.0. The molecular weight excluding hydrogens is 284 g/mol. The number of carbonyl (C=O) groups is 1. The Morgan fingerprint density at radius 1 is 1.33 bits per heavy atom. The van der Waals surface area contributed by atoms with Crippen LogP contribution in [0.3, 0.4) is 0 Å². The van der Waals surface area contributed by atoms with E-state index in [2.05, 4.69) is 16.9 Å². The van der Waals surface area contributed by atoms with Gasteiger partial charge in [0.05, 0.1) is 17.1 Å². The highest BCUT2D eigenvalue weighted by Gasteiger charge is 2.13. The van der Waals surface area contributed by atoms with Gasteiger partial charge in [-0.25, -0.2) is 4.98 Å². The molecule has 112 valence electrons. The van der Waals surface area contributed by atoms with Gasteiger partial charge in [0.15, 0.2) is 0 Å². The molecule has 0 fully saturated rings. The average Bonchev–Trinajstić information content (AvgIpc) is 2.84. The first kappa shape index (κ1) is 15.7. The molecule has 5 heteroatoms. The first-order valence-corrected chi connectivity index (χ1v) is 7.74. The normalized spacial score (nSPS) is 12.6. The molecule has 0 aliphatic heterocycles. The molecule has 0 saturated carbocycles. The molecule has 21 heavy (non-hydrogen) atoms. The predicted molar refractivity (Wildman–Crippen MR) is 84.5 cm³/mol. The largest absolute Gasteiger partial charge is 0.481 e. The van der Waals surface area contributed by atoms with E-state index in [9.17, 15) is 4.79 Å². The van der Waals surface area contributed by atoms with Crippen LogP contribution in [-0.2, 0) is 17.9 Å². The van der Waals surface area contributed by atoms with Crippen LogP contribution in [0.25, 0.3) is 0 Å². The van der Waals surface area contributed by atoms with Crippen molar-refractivity contribution >= 4 is 17.3 Å². The Morgan fingerprint density at radius 2 is 2.00 bits per heavy atom. The van der Waals surface area contributed by atoms with Gasteiger partial charge in [0.25, 0.3) is 0 Å². The van der Waals surface area contributed by atoms with Gasteiger partial charge in [0.1, 0.15) is 0 Å². The van der Waals surface area contributed by atoms with Gasteiger partial charge in [-0.15, -0.1) is 11.3 Å². The first-order valence-electron chi connectivity index (χ1n) is 6.86. The van der Waals surface area contributed by atoms with Crippen LogP contribution in [0.1, 0.15) is 34.5 Å². The van der Waals surface area contributed by atoms with Crippen molar-refractivity contribution in [3.8, 4) is 0 Å². The molecule has 1 heterocycles. The molecule has 0 bridgehead atoms. The minimum absolute atomic E-state index is 0.461. The predicted octanol–water partition coefficient (Wildman–Crippen LogP) is 3.27. The van der Waals surface area contributed by atoms with Gasteiger partial charge >= 0.3 is 5.97 Å². The summed E-state index contributed by atoms with van der Waals surface area (Å²) in [5.74, 6) is -1.25. The number of hydrogen-bond acceptors (Lipinski definition) is 4. The number of aliphatic carboxylic acids is 1.